The van der Waals surface area contributed by atoms with Gasteiger partial charge >= 0.3 is 5.69 Å². The van der Waals surface area contributed by atoms with Crippen molar-refractivity contribution in [1.82, 2.24) is 9.66 Å². The molecule has 0 bridgehead atoms. The molecule has 0 aliphatic rings. The van der Waals surface area contributed by atoms with E-state index in [4.69, 9.17) is 9.47 Å². The molecule has 9 nitrogen and oxygen atoms in total. The van der Waals surface area contributed by atoms with E-state index >= 15 is 0 Å². The Labute approximate surface area is 229 Å². The summed E-state index contributed by atoms with van der Waals surface area (Å²) in [6, 6.07) is 15.6. The van der Waals surface area contributed by atoms with E-state index in [2.05, 4.69) is 41.9 Å². The zero-order valence-electron chi connectivity index (χ0n) is 20.0. The number of halogens is 2. The second-order valence-electron chi connectivity index (χ2n) is 8.04. The number of hydrogen-bond donors (Lipinski definition) is 0. The van der Waals surface area contributed by atoms with Gasteiger partial charge in [0, 0.05) is 27.0 Å². The molecule has 0 aliphatic carbocycles. The lowest BCUT2D eigenvalue weighted by molar-refractivity contribution is -0.386. The highest BCUT2D eigenvalue weighted by Crippen LogP contribution is 2.38. The molecule has 0 atom stereocenters. The highest BCUT2D eigenvalue weighted by atomic mass is 79.9. The van der Waals surface area contributed by atoms with Gasteiger partial charge in [-0.25, -0.2) is 4.98 Å². The SMILES string of the molecule is CCCc1nc2ccc(Br)cc2c(=O)n1N=Cc1cc(OC)c(OCc2ccc(Br)cc2)c([N+](=O)[O-])c1. The Bertz CT molecular complexity index is 1550. The Morgan fingerprint density at radius 3 is 2.51 bits per heavy atom. The molecule has 4 aromatic rings. The highest BCUT2D eigenvalue weighted by Gasteiger charge is 2.22. The number of aromatic nitrogens is 2. The van der Waals surface area contributed by atoms with Crippen LogP contribution in [-0.4, -0.2) is 27.9 Å². The average Bonchev–Trinajstić information content (AvgIpc) is 2.88. The molecule has 0 fully saturated rings. The molecule has 37 heavy (non-hydrogen) atoms. The minimum absolute atomic E-state index is 0.00799. The first kappa shape index (κ1) is 26.5. The van der Waals surface area contributed by atoms with Gasteiger partial charge in [-0.15, -0.1) is 0 Å². The number of hydrogen-bond acceptors (Lipinski definition) is 7. The van der Waals surface area contributed by atoms with Gasteiger partial charge in [-0.2, -0.15) is 9.78 Å². The monoisotopic (exact) mass is 628 g/mol. The third-order valence-electron chi connectivity index (χ3n) is 5.44. The number of methoxy groups -OCH3 is 1. The molecule has 0 amide bonds. The molecular weight excluding hydrogens is 608 g/mol. The number of aryl methyl sites for hydroxylation is 1. The molecule has 1 heterocycles. The van der Waals surface area contributed by atoms with Gasteiger partial charge in [-0.3, -0.25) is 14.9 Å². The summed E-state index contributed by atoms with van der Waals surface area (Å²) in [4.78, 5) is 29.2. The first-order valence-corrected chi connectivity index (χ1v) is 12.9. The number of nitro benzene ring substituents is 1. The van der Waals surface area contributed by atoms with E-state index < -0.39 is 4.92 Å². The second-order valence-corrected chi connectivity index (χ2v) is 9.88. The largest absolute Gasteiger partial charge is 0.493 e. The van der Waals surface area contributed by atoms with Crippen molar-refractivity contribution < 1.29 is 14.4 Å². The van der Waals surface area contributed by atoms with Crippen molar-refractivity contribution in [2.45, 2.75) is 26.4 Å². The number of nitro groups is 1. The average molecular weight is 630 g/mol. The first-order valence-electron chi connectivity index (χ1n) is 11.3. The lowest BCUT2D eigenvalue weighted by Gasteiger charge is -2.12. The van der Waals surface area contributed by atoms with Crippen molar-refractivity contribution in [2.75, 3.05) is 7.11 Å². The maximum Gasteiger partial charge on any atom is 0.315 e. The lowest BCUT2D eigenvalue weighted by atomic mass is 10.1. The highest BCUT2D eigenvalue weighted by molar-refractivity contribution is 9.10. The van der Waals surface area contributed by atoms with Crippen LogP contribution in [0, 0.1) is 10.1 Å². The maximum atomic E-state index is 13.2. The van der Waals surface area contributed by atoms with E-state index in [1.54, 1.807) is 18.2 Å². The Kier molecular flexibility index (Phi) is 8.34. The zero-order chi connectivity index (χ0) is 26.5. The van der Waals surface area contributed by atoms with Gasteiger partial charge < -0.3 is 9.47 Å². The molecule has 0 unspecified atom stereocenters. The van der Waals surface area contributed by atoms with E-state index in [1.165, 1.54) is 24.1 Å². The van der Waals surface area contributed by atoms with Crippen LogP contribution >= 0.6 is 31.9 Å². The fourth-order valence-electron chi connectivity index (χ4n) is 3.67. The molecule has 0 N–H and O–H groups in total. The van der Waals surface area contributed by atoms with Crippen LogP contribution in [0.3, 0.4) is 0 Å². The normalized spacial score (nSPS) is 11.2. The van der Waals surface area contributed by atoms with Crippen molar-refractivity contribution in [3.05, 3.63) is 101 Å². The van der Waals surface area contributed by atoms with Crippen LogP contribution < -0.4 is 15.0 Å². The summed E-state index contributed by atoms with van der Waals surface area (Å²) >= 11 is 6.76. The van der Waals surface area contributed by atoms with Crippen LogP contribution in [0.1, 0.15) is 30.3 Å². The Morgan fingerprint density at radius 1 is 1.11 bits per heavy atom. The van der Waals surface area contributed by atoms with Crippen molar-refractivity contribution in [3.8, 4) is 11.5 Å². The van der Waals surface area contributed by atoms with E-state index in [0.717, 1.165) is 20.9 Å². The molecule has 3 aromatic carbocycles. The summed E-state index contributed by atoms with van der Waals surface area (Å²) < 4.78 is 14.1. The minimum atomic E-state index is -0.541. The van der Waals surface area contributed by atoms with E-state index in [0.29, 0.717) is 28.7 Å². The van der Waals surface area contributed by atoms with Gasteiger partial charge in [0.2, 0.25) is 5.75 Å². The van der Waals surface area contributed by atoms with Crippen molar-refractivity contribution in [1.29, 1.82) is 0 Å². The van der Waals surface area contributed by atoms with Crippen molar-refractivity contribution in [2.24, 2.45) is 5.10 Å². The van der Waals surface area contributed by atoms with E-state index in [9.17, 15) is 14.9 Å². The molecular formula is C26H22Br2N4O5. The number of nitrogens with zero attached hydrogens (tertiary/aromatic N) is 4. The van der Waals surface area contributed by atoms with Crippen LogP contribution in [0.25, 0.3) is 10.9 Å². The Balaban J connectivity index is 1.73. The molecule has 4 rings (SSSR count). The van der Waals surface area contributed by atoms with Gasteiger partial charge in [0.05, 0.1) is 29.2 Å². The number of benzene rings is 3. The predicted octanol–water partition coefficient (Wildman–Crippen LogP) is 6.25. The summed E-state index contributed by atoms with van der Waals surface area (Å²) in [5, 5.41) is 16.7. The third kappa shape index (κ3) is 6.05. The van der Waals surface area contributed by atoms with Crippen LogP contribution in [0.4, 0.5) is 5.69 Å². The Morgan fingerprint density at radius 2 is 1.84 bits per heavy atom. The summed E-state index contributed by atoms with van der Waals surface area (Å²) in [5.74, 6) is 0.678. The number of rotatable bonds is 9. The molecule has 0 aliphatic heterocycles. The molecule has 0 spiro atoms. The van der Waals surface area contributed by atoms with Gasteiger partial charge in [0.1, 0.15) is 12.4 Å². The molecule has 1 aromatic heterocycles. The van der Waals surface area contributed by atoms with Gasteiger partial charge in [0.25, 0.3) is 5.56 Å². The summed E-state index contributed by atoms with van der Waals surface area (Å²) in [5.41, 5.74) is 1.17. The van der Waals surface area contributed by atoms with Gasteiger partial charge in [0.15, 0.2) is 5.75 Å². The van der Waals surface area contributed by atoms with Crippen LogP contribution in [0.15, 0.2) is 73.4 Å². The predicted molar refractivity (Wildman–Crippen MR) is 149 cm³/mol. The smallest absolute Gasteiger partial charge is 0.315 e. The fraction of sp³-hybridized carbons (Fsp3) is 0.192. The summed E-state index contributed by atoms with van der Waals surface area (Å²) in [7, 11) is 1.40. The van der Waals surface area contributed by atoms with Crippen molar-refractivity contribution in [3.63, 3.8) is 0 Å². The molecule has 11 heteroatoms. The fourth-order valence-corrected chi connectivity index (χ4v) is 4.30. The van der Waals surface area contributed by atoms with E-state index in [1.807, 2.05) is 37.3 Å². The number of ether oxygens (including phenoxy) is 2. The first-order chi connectivity index (χ1) is 17.8. The molecule has 0 saturated heterocycles. The number of fused-ring (bicyclic) bond motifs is 1. The molecule has 190 valence electrons. The van der Waals surface area contributed by atoms with Crippen LogP contribution in [0.5, 0.6) is 11.5 Å². The summed E-state index contributed by atoms with van der Waals surface area (Å²) in [6.07, 6.45) is 2.67. The van der Waals surface area contributed by atoms with Crippen LogP contribution in [0.2, 0.25) is 0 Å². The topological polar surface area (TPSA) is 109 Å². The Hall–Kier alpha value is -3.57. The second kappa shape index (κ2) is 11.7. The standard InChI is InChI=1S/C26H22Br2N4O5/c1-3-4-24-30-21-10-9-19(28)13-20(21)26(33)31(24)29-14-17-11-22(32(34)35)25(23(12-17)36-2)37-15-16-5-7-18(27)8-6-16/h5-14H,3-4,15H2,1-2H3. The maximum absolute atomic E-state index is 13.2. The lowest BCUT2D eigenvalue weighted by Crippen LogP contribution is -2.22. The summed E-state index contributed by atoms with van der Waals surface area (Å²) in [6.45, 7) is 2.10. The minimum Gasteiger partial charge on any atom is -0.493 e. The van der Waals surface area contributed by atoms with Gasteiger partial charge in [-0.1, -0.05) is 50.9 Å². The third-order valence-corrected chi connectivity index (χ3v) is 6.46. The molecule has 0 saturated carbocycles. The van der Waals surface area contributed by atoms with Crippen molar-refractivity contribution >= 4 is 54.7 Å². The van der Waals surface area contributed by atoms with E-state index in [-0.39, 0.29) is 29.4 Å². The van der Waals surface area contributed by atoms with Gasteiger partial charge in [-0.05, 0) is 48.4 Å². The van der Waals surface area contributed by atoms with Crippen LogP contribution in [-0.2, 0) is 13.0 Å². The zero-order valence-corrected chi connectivity index (χ0v) is 23.2. The molecule has 0 radical (unpaired) electrons. The quantitative estimate of drug-likeness (QED) is 0.123.